The van der Waals surface area contributed by atoms with Crippen molar-refractivity contribution in [2.45, 2.75) is 25.3 Å². The van der Waals surface area contributed by atoms with Crippen LogP contribution in [-0.2, 0) is 6.42 Å². The molecule has 0 amide bonds. The number of aliphatic imine (C=N–C) groups is 1. The van der Waals surface area contributed by atoms with Crippen molar-refractivity contribution in [3.63, 3.8) is 0 Å². The van der Waals surface area contributed by atoms with Crippen LogP contribution in [0.5, 0.6) is 0 Å². The Hall–Kier alpha value is -2.05. The van der Waals surface area contributed by atoms with Crippen molar-refractivity contribution in [2.75, 3.05) is 52.2 Å². The molecule has 1 atom stereocenters. The Bertz CT molecular complexity index is 718. The first-order valence-electron chi connectivity index (χ1n) is 10.2. The second-order valence-corrected chi connectivity index (χ2v) is 8.44. The third-order valence-corrected chi connectivity index (χ3v) is 6.27. The first kappa shape index (κ1) is 20.7. The fourth-order valence-corrected chi connectivity index (χ4v) is 4.50. The topological polar surface area (TPSA) is 42.9 Å². The summed E-state index contributed by atoms with van der Waals surface area (Å²) in [5.41, 5.74) is 2.57. The summed E-state index contributed by atoms with van der Waals surface area (Å²) < 4.78 is 0. The molecule has 152 valence electrons. The van der Waals surface area contributed by atoms with Gasteiger partial charge in [-0.25, -0.2) is 0 Å². The molecule has 3 rings (SSSR count). The minimum Gasteiger partial charge on any atom is -0.378 e. The third-order valence-electron chi connectivity index (χ3n) is 5.30. The molecule has 0 radical (unpaired) electrons. The molecule has 2 aromatic rings. The number of nitrogens with zero attached hydrogens (tertiary/aromatic N) is 3. The Morgan fingerprint density at radius 1 is 1.14 bits per heavy atom. The van der Waals surface area contributed by atoms with Gasteiger partial charge in [0.05, 0.1) is 6.04 Å². The predicted molar refractivity (Wildman–Crippen MR) is 122 cm³/mol. The molecule has 0 spiro atoms. The van der Waals surface area contributed by atoms with Gasteiger partial charge in [-0.2, -0.15) is 0 Å². The molecule has 0 bridgehead atoms. The van der Waals surface area contributed by atoms with Crippen LogP contribution >= 0.6 is 11.3 Å². The standard InChI is InChI=1S/C22H33N5S/c1-23-22(24-13-12-18-8-10-19(11-9-18)26(2)3)25-17-20(21-7-6-16-28-21)27-14-4-5-15-27/h6-11,16,20H,4-5,12-15,17H2,1-3H3,(H2,23,24,25). The molecule has 0 aliphatic carbocycles. The number of rotatable bonds is 8. The predicted octanol–water partition coefficient (Wildman–Crippen LogP) is 3.36. The van der Waals surface area contributed by atoms with Crippen molar-refractivity contribution >= 4 is 23.0 Å². The summed E-state index contributed by atoms with van der Waals surface area (Å²) in [5.74, 6) is 0.880. The van der Waals surface area contributed by atoms with E-state index in [9.17, 15) is 0 Å². The first-order chi connectivity index (χ1) is 13.7. The van der Waals surface area contributed by atoms with Crippen LogP contribution in [0.15, 0.2) is 46.8 Å². The Kier molecular flexibility index (Phi) is 7.74. The van der Waals surface area contributed by atoms with Crippen LogP contribution in [0, 0.1) is 0 Å². The van der Waals surface area contributed by atoms with Gasteiger partial charge in [0.15, 0.2) is 5.96 Å². The van der Waals surface area contributed by atoms with Crippen LogP contribution in [0.2, 0.25) is 0 Å². The lowest BCUT2D eigenvalue weighted by Crippen LogP contribution is -2.43. The van der Waals surface area contributed by atoms with Crippen molar-refractivity contribution in [3.8, 4) is 0 Å². The zero-order valence-corrected chi connectivity index (χ0v) is 18.1. The van der Waals surface area contributed by atoms with E-state index in [1.165, 1.54) is 42.1 Å². The van der Waals surface area contributed by atoms with E-state index in [0.29, 0.717) is 6.04 Å². The normalized spacial score (nSPS) is 16.2. The fourth-order valence-electron chi connectivity index (χ4n) is 3.64. The van der Waals surface area contributed by atoms with Gasteiger partial charge >= 0.3 is 0 Å². The average Bonchev–Trinajstić information content (AvgIpc) is 3.42. The lowest BCUT2D eigenvalue weighted by atomic mass is 10.1. The van der Waals surface area contributed by atoms with Crippen LogP contribution in [0.4, 0.5) is 5.69 Å². The van der Waals surface area contributed by atoms with Crippen LogP contribution in [0.1, 0.15) is 29.3 Å². The van der Waals surface area contributed by atoms with Crippen molar-refractivity contribution in [3.05, 3.63) is 52.2 Å². The van der Waals surface area contributed by atoms with Crippen molar-refractivity contribution in [1.82, 2.24) is 15.5 Å². The first-order valence-corrected chi connectivity index (χ1v) is 11.0. The highest BCUT2D eigenvalue weighted by atomic mass is 32.1. The molecule has 5 nitrogen and oxygen atoms in total. The van der Waals surface area contributed by atoms with E-state index < -0.39 is 0 Å². The average molecular weight is 400 g/mol. The van der Waals surface area contributed by atoms with Gasteiger partial charge in [-0.3, -0.25) is 9.89 Å². The van der Waals surface area contributed by atoms with Crippen molar-refractivity contribution in [2.24, 2.45) is 4.99 Å². The summed E-state index contributed by atoms with van der Waals surface area (Å²) in [4.78, 5) is 10.6. The summed E-state index contributed by atoms with van der Waals surface area (Å²) in [6.07, 6.45) is 3.60. The Labute approximate surface area is 173 Å². The number of likely N-dealkylation sites (tertiary alicyclic amines) is 1. The van der Waals surface area contributed by atoms with Crippen LogP contribution in [0.25, 0.3) is 0 Å². The summed E-state index contributed by atoms with van der Waals surface area (Å²) in [6.45, 7) is 4.14. The molecule has 1 aliphatic rings. The quantitative estimate of drug-likeness (QED) is 0.528. The van der Waals surface area contributed by atoms with Gasteiger partial charge in [0.1, 0.15) is 0 Å². The van der Waals surface area contributed by atoms with Crippen LogP contribution in [0.3, 0.4) is 0 Å². The van der Waals surface area contributed by atoms with Gasteiger partial charge in [-0.1, -0.05) is 18.2 Å². The van der Waals surface area contributed by atoms with Gasteiger partial charge in [0.25, 0.3) is 0 Å². The molecule has 2 N–H and O–H groups in total. The van der Waals surface area contributed by atoms with Crippen LogP contribution in [-0.4, -0.2) is 58.2 Å². The molecule has 2 heterocycles. The summed E-state index contributed by atoms with van der Waals surface area (Å²) in [7, 11) is 5.98. The number of hydrogen-bond donors (Lipinski definition) is 2. The lowest BCUT2D eigenvalue weighted by Gasteiger charge is -2.27. The van der Waals surface area contributed by atoms with E-state index in [1.54, 1.807) is 0 Å². The van der Waals surface area contributed by atoms with Crippen molar-refractivity contribution in [1.29, 1.82) is 0 Å². The molecule has 1 saturated heterocycles. The van der Waals surface area contributed by atoms with E-state index in [-0.39, 0.29) is 0 Å². The van der Waals surface area contributed by atoms with Gasteiger partial charge in [-0.15, -0.1) is 11.3 Å². The van der Waals surface area contributed by atoms with E-state index in [4.69, 9.17) is 0 Å². The maximum absolute atomic E-state index is 4.41. The van der Waals surface area contributed by atoms with E-state index >= 15 is 0 Å². The van der Waals surface area contributed by atoms with Crippen molar-refractivity contribution < 1.29 is 0 Å². The molecule has 6 heteroatoms. The number of benzene rings is 1. The Morgan fingerprint density at radius 2 is 1.89 bits per heavy atom. The number of nitrogens with one attached hydrogen (secondary N) is 2. The summed E-state index contributed by atoms with van der Waals surface area (Å²) >= 11 is 1.85. The SMILES string of the molecule is CN=C(NCCc1ccc(N(C)C)cc1)NCC(c1cccs1)N1CCCC1. The highest BCUT2D eigenvalue weighted by molar-refractivity contribution is 7.10. The highest BCUT2D eigenvalue weighted by Gasteiger charge is 2.24. The second-order valence-electron chi connectivity index (χ2n) is 7.47. The number of thiophene rings is 1. The van der Waals surface area contributed by atoms with Gasteiger partial charge in [0.2, 0.25) is 0 Å². The lowest BCUT2D eigenvalue weighted by molar-refractivity contribution is 0.249. The Balaban J connectivity index is 1.48. The Morgan fingerprint density at radius 3 is 2.50 bits per heavy atom. The molecule has 1 aromatic carbocycles. The molecule has 28 heavy (non-hydrogen) atoms. The minimum atomic E-state index is 0.430. The molecule has 0 saturated carbocycles. The largest absolute Gasteiger partial charge is 0.378 e. The smallest absolute Gasteiger partial charge is 0.191 e. The number of guanidine groups is 1. The van der Waals surface area contributed by atoms with E-state index in [1.807, 2.05) is 18.4 Å². The van der Waals surface area contributed by atoms with E-state index in [0.717, 1.165) is 25.5 Å². The monoisotopic (exact) mass is 399 g/mol. The van der Waals surface area contributed by atoms with E-state index in [2.05, 4.69) is 81.3 Å². The molecule has 1 unspecified atom stereocenters. The molecule has 1 aromatic heterocycles. The summed E-state index contributed by atoms with van der Waals surface area (Å²) in [6, 6.07) is 13.6. The molecular weight excluding hydrogens is 366 g/mol. The number of anilines is 1. The zero-order chi connectivity index (χ0) is 19.8. The van der Waals surface area contributed by atoms with Gasteiger partial charge < -0.3 is 15.5 Å². The maximum Gasteiger partial charge on any atom is 0.191 e. The third kappa shape index (κ3) is 5.72. The van der Waals surface area contributed by atoms with Gasteiger partial charge in [0, 0.05) is 44.8 Å². The summed E-state index contributed by atoms with van der Waals surface area (Å²) in [5, 5.41) is 9.18. The van der Waals surface area contributed by atoms with Gasteiger partial charge in [-0.05, 0) is 61.5 Å². The molecular formula is C22H33N5S. The number of hydrogen-bond acceptors (Lipinski definition) is 4. The zero-order valence-electron chi connectivity index (χ0n) is 17.3. The molecule has 1 aliphatic heterocycles. The highest BCUT2D eigenvalue weighted by Crippen LogP contribution is 2.27. The molecule has 1 fully saturated rings. The van der Waals surface area contributed by atoms with Crippen LogP contribution < -0.4 is 15.5 Å². The minimum absolute atomic E-state index is 0.430. The second kappa shape index (κ2) is 10.5. The fraction of sp³-hybridized carbons (Fsp3) is 0.500. The maximum atomic E-state index is 4.41.